The normalized spacial score (nSPS) is 32.4. The molecule has 6 nitrogen and oxygen atoms in total. The van der Waals surface area contributed by atoms with Crippen molar-refractivity contribution < 1.29 is 28.8 Å². The molecule has 0 spiro atoms. The van der Waals surface area contributed by atoms with Crippen LogP contribution in [0.4, 0.5) is 0 Å². The van der Waals surface area contributed by atoms with Gasteiger partial charge in [0.05, 0.1) is 56.8 Å². The fraction of sp³-hybridized carbons (Fsp3) is 0.933. The van der Waals surface area contributed by atoms with Crippen LogP contribution >= 0.6 is 0 Å². The minimum Gasteiger partial charge on any atom is -0.481 e. The number of nitrogens with zero attached hydrogens (tertiary/aromatic N) is 2. The van der Waals surface area contributed by atoms with Gasteiger partial charge in [-0.15, -0.1) is 0 Å². The molecule has 0 aromatic carbocycles. The lowest BCUT2D eigenvalue weighted by Crippen LogP contribution is -2.69. The van der Waals surface area contributed by atoms with E-state index in [9.17, 15) is 14.7 Å². The van der Waals surface area contributed by atoms with Crippen molar-refractivity contribution in [3.8, 4) is 0 Å². The summed E-state index contributed by atoms with van der Waals surface area (Å²) in [5.41, 5.74) is -0.672. The molecule has 4 unspecified atom stereocenters. The van der Waals surface area contributed by atoms with Crippen molar-refractivity contribution >= 4 is 11.9 Å². The van der Waals surface area contributed by atoms with Crippen molar-refractivity contribution in [2.24, 2.45) is 17.3 Å². The highest BCUT2D eigenvalue weighted by Crippen LogP contribution is 2.57. The van der Waals surface area contributed by atoms with Crippen LogP contribution < -0.4 is 0 Å². The van der Waals surface area contributed by atoms with Gasteiger partial charge in [0.1, 0.15) is 0 Å². The third-order valence-corrected chi connectivity index (χ3v) is 11.9. The quantitative estimate of drug-likeness (QED) is 0.257. The van der Waals surface area contributed by atoms with E-state index in [-0.39, 0.29) is 29.3 Å². The van der Waals surface area contributed by atoms with Gasteiger partial charge in [-0.05, 0) is 66.2 Å². The summed E-state index contributed by atoms with van der Waals surface area (Å²) in [5.74, 6) is -0.973. The standard InChI is InChI=1S/C30H56N2O4/c1-22-18-24(20-28(3,4)31(22,7)8)30(27(35)36,17-15-13-11-12-14-16-26(33)34)25-19-23(2)32(9,10)29(5,6)21-25/h22-25H,11-21H2,1-10H3/p+2. The Morgan fingerprint density at radius 2 is 1.14 bits per heavy atom. The molecule has 2 N–H and O–H groups in total. The summed E-state index contributed by atoms with van der Waals surface area (Å²) < 4.78 is 1.86. The Balaban J connectivity index is 2.39. The summed E-state index contributed by atoms with van der Waals surface area (Å²) >= 11 is 0. The molecule has 210 valence electrons. The maximum absolute atomic E-state index is 13.5. The average Bonchev–Trinajstić information content (AvgIpc) is 2.72. The molecule has 0 aliphatic carbocycles. The van der Waals surface area contributed by atoms with Crippen molar-refractivity contribution in [1.82, 2.24) is 0 Å². The molecule has 0 radical (unpaired) electrons. The van der Waals surface area contributed by atoms with E-state index in [1.54, 1.807) is 0 Å². The van der Waals surface area contributed by atoms with Crippen molar-refractivity contribution in [1.29, 1.82) is 0 Å². The number of unbranched alkanes of at least 4 members (excludes halogenated alkanes) is 4. The number of hydrogen-bond donors (Lipinski definition) is 2. The number of quaternary nitrogens is 2. The second kappa shape index (κ2) is 10.9. The number of piperidine rings is 2. The number of likely N-dealkylation sites (tertiary alicyclic amines) is 2. The molecular weight excluding hydrogens is 452 g/mol. The Morgan fingerprint density at radius 1 is 0.750 bits per heavy atom. The molecule has 2 rings (SSSR count). The lowest BCUT2D eigenvalue weighted by Gasteiger charge is -2.61. The molecule has 4 atom stereocenters. The summed E-state index contributed by atoms with van der Waals surface area (Å²) in [6.45, 7) is 14.0. The molecule has 2 aliphatic rings. The van der Waals surface area contributed by atoms with Crippen LogP contribution in [0.5, 0.6) is 0 Å². The SMILES string of the molecule is CC1CC(C(CCCCCCCC(=O)O)(C(=O)O)C2CC(C)[N+](C)(C)C(C)(C)C2)CC(C)(C)[N+]1(C)C. The Hall–Kier alpha value is -1.14. The fourth-order valence-corrected chi connectivity index (χ4v) is 7.59. The highest BCUT2D eigenvalue weighted by atomic mass is 16.4. The van der Waals surface area contributed by atoms with Gasteiger partial charge in [-0.2, -0.15) is 0 Å². The molecule has 2 saturated heterocycles. The molecule has 6 heteroatoms. The molecule has 0 bridgehead atoms. The number of carboxylic acid groups (broad SMARTS) is 2. The monoisotopic (exact) mass is 510 g/mol. The molecule has 2 fully saturated rings. The fourth-order valence-electron chi connectivity index (χ4n) is 7.59. The molecule has 0 amide bonds. The van der Waals surface area contributed by atoms with Gasteiger partial charge < -0.3 is 19.2 Å². The van der Waals surface area contributed by atoms with Crippen LogP contribution in [0.3, 0.4) is 0 Å². The minimum atomic E-state index is -0.731. The highest BCUT2D eigenvalue weighted by molar-refractivity contribution is 5.75. The zero-order valence-electron chi connectivity index (χ0n) is 25.2. The first-order valence-corrected chi connectivity index (χ1v) is 14.5. The van der Waals surface area contributed by atoms with E-state index in [1.807, 2.05) is 0 Å². The van der Waals surface area contributed by atoms with Crippen molar-refractivity contribution in [3.05, 3.63) is 0 Å². The van der Waals surface area contributed by atoms with E-state index in [2.05, 4.69) is 69.7 Å². The number of hydrogen-bond acceptors (Lipinski definition) is 2. The Morgan fingerprint density at radius 3 is 1.50 bits per heavy atom. The van der Waals surface area contributed by atoms with Crippen molar-refractivity contribution in [3.63, 3.8) is 0 Å². The molecule has 0 aromatic rings. The second-order valence-corrected chi connectivity index (χ2v) is 14.7. The summed E-state index contributed by atoms with van der Waals surface area (Å²) in [4.78, 5) is 24.4. The summed E-state index contributed by atoms with van der Waals surface area (Å²) in [7, 11) is 9.25. The molecular formula is C30H58N2O4+2. The first-order valence-electron chi connectivity index (χ1n) is 14.5. The Kier molecular flexibility index (Phi) is 9.43. The third kappa shape index (κ3) is 5.80. The zero-order chi connectivity index (χ0) is 27.7. The third-order valence-electron chi connectivity index (χ3n) is 11.9. The van der Waals surface area contributed by atoms with Gasteiger partial charge in [0.25, 0.3) is 0 Å². The molecule has 36 heavy (non-hydrogen) atoms. The van der Waals surface area contributed by atoms with Crippen LogP contribution in [0.1, 0.15) is 112 Å². The van der Waals surface area contributed by atoms with Gasteiger partial charge >= 0.3 is 11.9 Å². The maximum Gasteiger partial charge on any atom is 0.310 e. The van der Waals surface area contributed by atoms with Crippen LogP contribution in [-0.4, -0.2) is 82.5 Å². The van der Waals surface area contributed by atoms with Crippen LogP contribution in [0.25, 0.3) is 0 Å². The van der Waals surface area contributed by atoms with E-state index in [0.29, 0.717) is 18.5 Å². The van der Waals surface area contributed by atoms with Gasteiger partial charge in [0.15, 0.2) is 0 Å². The smallest absolute Gasteiger partial charge is 0.310 e. The first kappa shape index (κ1) is 31.1. The van der Waals surface area contributed by atoms with Gasteiger partial charge in [0, 0.05) is 32.1 Å². The molecule has 0 aromatic heterocycles. The van der Waals surface area contributed by atoms with Crippen LogP contribution in [0, 0.1) is 17.3 Å². The zero-order valence-corrected chi connectivity index (χ0v) is 25.2. The summed E-state index contributed by atoms with van der Waals surface area (Å²) in [5, 5.41) is 20.0. The highest BCUT2D eigenvalue weighted by Gasteiger charge is 2.62. The van der Waals surface area contributed by atoms with Gasteiger partial charge in [0.2, 0.25) is 0 Å². The van der Waals surface area contributed by atoms with E-state index in [1.165, 1.54) is 0 Å². The lowest BCUT2D eigenvalue weighted by atomic mass is 9.53. The largest absolute Gasteiger partial charge is 0.481 e. The Bertz CT molecular complexity index is 744. The van der Waals surface area contributed by atoms with Crippen LogP contribution in [0.15, 0.2) is 0 Å². The van der Waals surface area contributed by atoms with Crippen molar-refractivity contribution in [2.45, 2.75) is 135 Å². The summed E-state index contributed by atoms with van der Waals surface area (Å²) in [6.07, 6.45) is 9.27. The maximum atomic E-state index is 13.5. The summed E-state index contributed by atoms with van der Waals surface area (Å²) in [6, 6.07) is 0.824. The first-order chi connectivity index (χ1) is 16.3. The average molecular weight is 511 g/mol. The predicted octanol–water partition coefficient (Wildman–Crippen LogP) is 6.18. The number of rotatable bonds is 11. The minimum absolute atomic E-state index is 0.0188. The van der Waals surface area contributed by atoms with E-state index in [4.69, 9.17) is 5.11 Å². The van der Waals surface area contributed by atoms with Gasteiger partial charge in [-0.25, -0.2) is 0 Å². The van der Waals surface area contributed by atoms with Crippen molar-refractivity contribution in [2.75, 3.05) is 28.2 Å². The van der Waals surface area contributed by atoms with Crippen LogP contribution in [-0.2, 0) is 9.59 Å². The molecule has 2 aliphatic heterocycles. The number of aliphatic carboxylic acids is 2. The lowest BCUT2D eigenvalue weighted by molar-refractivity contribution is -0.967. The second-order valence-electron chi connectivity index (χ2n) is 14.7. The van der Waals surface area contributed by atoms with E-state index < -0.39 is 17.4 Å². The van der Waals surface area contributed by atoms with Gasteiger partial charge in [-0.3, -0.25) is 9.59 Å². The molecule has 2 heterocycles. The topological polar surface area (TPSA) is 74.6 Å². The molecule has 0 saturated carbocycles. The van der Waals surface area contributed by atoms with E-state index in [0.717, 1.165) is 66.8 Å². The predicted molar refractivity (Wildman–Crippen MR) is 147 cm³/mol. The van der Waals surface area contributed by atoms with E-state index >= 15 is 0 Å². The number of carboxylic acids is 2. The van der Waals surface area contributed by atoms with Crippen LogP contribution in [0.2, 0.25) is 0 Å². The Labute approximate surface area is 221 Å². The number of carbonyl (C=O) groups is 2. The van der Waals surface area contributed by atoms with Gasteiger partial charge in [-0.1, -0.05) is 25.7 Å².